The van der Waals surface area contributed by atoms with Gasteiger partial charge in [0.15, 0.2) is 5.96 Å². The van der Waals surface area contributed by atoms with Gasteiger partial charge in [0.05, 0.1) is 13.2 Å². The van der Waals surface area contributed by atoms with E-state index in [-0.39, 0.29) is 29.8 Å². The van der Waals surface area contributed by atoms with Crippen LogP contribution in [0, 0.1) is 5.82 Å². The molecule has 2 aromatic rings. The number of ether oxygens (including phenoxy) is 1. The SMILES string of the molecule is CN=C(NCCc1cccc(F)c1)NCc1ccc(N2CCOCC2)cc1.I. The maximum absolute atomic E-state index is 13.2. The summed E-state index contributed by atoms with van der Waals surface area (Å²) >= 11 is 0. The second-order valence-corrected chi connectivity index (χ2v) is 6.50. The van der Waals surface area contributed by atoms with E-state index in [4.69, 9.17) is 4.74 Å². The van der Waals surface area contributed by atoms with E-state index < -0.39 is 0 Å². The number of nitrogens with zero attached hydrogens (tertiary/aromatic N) is 2. The maximum Gasteiger partial charge on any atom is 0.191 e. The van der Waals surface area contributed by atoms with E-state index in [0.717, 1.165) is 44.2 Å². The first-order valence-corrected chi connectivity index (χ1v) is 9.35. The van der Waals surface area contributed by atoms with Crippen molar-refractivity contribution in [3.05, 3.63) is 65.5 Å². The minimum atomic E-state index is -0.199. The molecule has 0 aliphatic carbocycles. The molecule has 0 atom stereocenters. The summed E-state index contributed by atoms with van der Waals surface area (Å²) in [6.45, 7) is 4.86. The molecule has 152 valence electrons. The van der Waals surface area contributed by atoms with E-state index >= 15 is 0 Å². The third-order valence-electron chi connectivity index (χ3n) is 4.59. The van der Waals surface area contributed by atoms with Gasteiger partial charge >= 0.3 is 0 Å². The van der Waals surface area contributed by atoms with Crippen LogP contribution in [-0.4, -0.2) is 45.9 Å². The molecule has 0 radical (unpaired) electrons. The Bertz CT molecular complexity index is 748. The number of hydrogen-bond donors (Lipinski definition) is 2. The number of halogens is 2. The van der Waals surface area contributed by atoms with Gasteiger partial charge < -0.3 is 20.3 Å². The minimum absolute atomic E-state index is 0. The van der Waals surface area contributed by atoms with Crippen LogP contribution in [0.2, 0.25) is 0 Å². The predicted molar refractivity (Wildman–Crippen MR) is 123 cm³/mol. The summed E-state index contributed by atoms with van der Waals surface area (Å²) < 4.78 is 18.6. The van der Waals surface area contributed by atoms with Crippen molar-refractivity contribution in [2.75, 3.05) is 44.8 Å². The van der Waals surface area contributed by atoms with Crippen LogP contribution < -0.4 is 15.5 Å². The first-order chi connectivity index (χ1) is 13.2. The van der Waals surface area contributed by atoms with E-state index in [2.05, 4.69) is 44.8 Å². The first-order valence-electron chi connectivity index (χ1n) is 9.35. The van der Waals surface area contributed by atoms with Crippen molar-refractivity contribution in [3.8, 4) is 0 Å². The van der Waals surface area contributed by atoms with Crippen molar-refractivity contribution < 1.29 is 9.13 Å². The van der Waals surface area contributed by atoms with Gasteiger partial charge in [-0.15, -0.1) is 24.0 Å². The van der Waals surface area contributed by atoms with E-state index in [1.165, 1.54) is 17.3 Å². The average Bonchev–Trinajstić information content (AvgIpc) is 2.72. The summed E-state index contributed by atoms with van der Waals surface area (Å²) in [6, 6.07) is 15.3. The summed E-state index contributed by atoms with van der Waals surface area (Å²) in [7, 11) is 1.75. The fraction of sp³-hybridized carbons (Fsp3) is 0.381. The second kappa shape index (κ2) is 11.9. The monoisotopic (exact) mass is 498 g/mol. The van der Waals surface area contributed by atoms with Crippen molar-refractivity contribution in [2.45, 2.75) is 13.0 Å². The lowest BCUT2D eigenvalue weighted by Crippen LogP contribution is -2.38. The molecule has 2 aromatic carbocycles. The highest BCUT2D eigenvalue weighted by Gasteiger charge is 2.10. The molecule has 1 aliphatic rings. The lowest BCUT2D eigenvalue weighted by molar-refractivity contribution is 0.122. The minimum Gasteiger partial charge on any atom is -0.378 e. The fourth-order valence-electron chi connectivity index (χ4n) is 3.07. The lowest BCUT2D eigenvalue weighted by atomic mass is 10.1. The molecule has 7 heteroatoms. The molecule has 0 saturated carbocycles. The normalized spacial score (nSPS) is 14.4. The summed E-state index contributed by atoms with van der Waals surface area (Å²) in [5.41, 5.74) is 3.40. The zero-order chi connectivity index (χ0) is 18.9. The first kappa shape index (κ1) is 22.4. The number of morpholine rings is 1. The number of benzene rings is 2. The molecule has 2 N–H and O–H groups in total. The molecule has 0 amide bonds. The van der Waals surface area contributed by atoms with E-state index in [1.807, 2.05) is 6.07 Å². The van der Waals surface area contributed by atoms with Gasteiger partial charge in [0.1, 0.15) is 5.82 Å². The van der Waals surface area contributed by atoms with Crippen LogP contribution in [0.3, 0.4) is 0 Å². The Labute approximate surface area is 183 Å². The highest BCUT2D eigenvalue weighted by atomic mass is 127. The van der Waals surface area contributed by atoms with Crippen LogP contribution in [0.4, 0.5) is 10.1 Å². The number of hydrogen-bond acceptors (Lipinski definition) is 3. The molecule has 1 fully saturated rings. The largest absolute Gasteiger partial charge is 0.378 e. The molecule has 0 bridgehead atoms. The van der Waals surface area contributed by atoms with Crippen molar-refractivity contribution in [1.82, 2.24) is 10.6 Å². The number of rotatable bonds is 6. The highest BCUT2D eigenvalue weighted by molar-refractivity contribution is 14.0. The molecular weight excluding hydrogens is 470 g/mol. The quantitative estimate of drug-likeness (QED) is 0.365. The summed E-state index contributed by atoms with van der Waals surface area (Å²) in [6.07, 6.45) is 0.743. The lowest BCUT2D eigenvalue weighted by Gasteiger charge is -2.28. The third kappa shape index (κ3) is 6.94. The number of guanidine groups is 1. The fourth-order valence-corrected chi connectivity index (χ4v) is 3.07. The van der Waals surface area contributed by atoms with E-state index in [0.29, 0.717) is 13.1 Å². The zero-order valence-corrected chi connectivity index (χ0v) is 18.5. The van der Waals surface area contributed by atoms with Gasteiger partial charge in [-0.25, -0.2) is 4.39 Å². The number of aliphatic imine (C=N–C) groups is 1. The smallest absolute Gasteiger partial charge is 0.191 e. The molecule has 28 heavy (non-hydrogen) atoms. The Balaban J connectivity index is 0.00000280. The van der Waals surface area contributed by atoms with E-state index in [1.54, 1.807) is 19.2 Å². The Morgan fingerprint density at radius 2 is 1.82 bits per heavy atom. The van der Waals surface area contributed by atoms with Gasteiger partial charge in [-0.05, 0) is 41.8 Å². The number of nitrogens with one attached hydrogen (secondary N) is 2. The average molecular weight is 498 g/mol. The summed E-state index contributed by atoms with van der Waals surface area (Å²) in [5.74, 6) is 0.541. The Kier molecular flexibility index (Phi) is 9.49. The van der Waals surface area contributed by atoms with Crippen molar-refractivity contribution in [1.29, 1.82) is 0 Å². The van der Waals surface area contributed by atoms with Crippen LogP contribution in [0.5, 0.6) is 0 Å². The molecule has 1 heterocycles. The Morgan fingerprint density at radius 3 is 2.50 bits per heavy atom. The van der Waals surface area contributed by atoms with Crippen LogP contribution in [0.15, 0.2) is 53.5 Å². The van der Waals surface area contributed by atoms with Gasteiger partial charge in [0.2, 0.25) is 0 Å². The van der Waals surface area contributed by atoms with Crippen LogP contribution in [-0.2, 0) is 17.7 Å². The van der Waals surface area contributed by atoms with Crippen molar-refractivity contribution in [3.63, 3.8) is 0 Å². The number of anilines is 1. The van der Waals surface area contributed by atoms with Crippen LogP contribution >= 0.6 is 24.0 Å². The second-order valence-electron chi connectivity index (χ2n) is 6.50. The molecule has 0 unspecified atom stereocenters. The van der Waals surface area contributed by atoms with Gasteiger partial charge in [-0.2, -0.15) is 0 Å². The molecule has 3 rings (SSSR count). The molecular formula is C21H28FIN4O. The van der Waals surface area contributed by atoms with Crippen LogP contribution in [0.25, 0.3) is 0 Å². The summed E-state index contributed by atoms with van der Waals surface area (Å²) in [5, 5.41) is 6.58. The van der Waals surface area contributed by atoms with Crippen molar-refractivity contribution >= 4 is 35.6 Å². The third-order valence-corrected chi connectivity index (χ3v) is 4.59. The van der Waals surface area contributed by atoms with E-state index in [9.17, 15) is 4.39 Å². The van der Waals surface area contributed by atoms with Gasteiger partial charge in [-0.1, -0.05) is 24.3 Å². The molecule has 1 saturated heterocycles. The van der Waals surface area contributed by atoms with Crippen LogP contribution in [0.1, 0.15) is 11.1 Å². The standard InChI is InChI=1S/C21H27FN4O.HI/c1-23-21(24-10-9-17-3-2-4-19(22)15-17)25-16-18-5-7-20(8-6-18)26-11-13-27-14-12-26;/h2-8,15H,9-14,16H2,1H3,(H2,23,24,25);1H. The highest BCUT2D eigenvalue weighted by Crippen LogP contribution is 2.16. The van der Waals surface area contributed by atoms with Gasteiger partial charge in [0, 0.05) is 38.9 Å². The molecule has 5 nitrogen and oxygen atoms in total. The topological polar surface area (TPSA) is 48.9 Å². The van der Waals surface area contributed by atoms with Crippen molar-refractivity contribution in [2.24, 2.45) is 4.99 Å². The summed E-state index contributed by atoms with van der Waals surface area (Å²) in [4.78, 5) is 6.58. The van der Waals surface area contributed by atoms with Gasteiger partial charge in [-0.3, -0.25) is 4.99 Å². The predicted octanol–water partition coefficient (Wildman–Crippen LogP) is 3.19. The maximum atomic E-state index is 13.2. The molecule has 0 aromatic heterocycles. The molecule has 1 aliphatic heterocycles. The Morgan fingerprint density at radius 1 is 1.07 bits per heavy atom. The van der Waals surface area contributed by atoms with Gasteiger partial charge in [0.25, 0.3) is 0 Å². The zero-order valence-electron chi connectivity index (χ0n) is 16.2. The molecule has 0 spiro atoms. The Hall–Kier alpha value is -1.87.